The summed E-state index contributed by atoms with van der Waals surface area (Å²) in [6.07, 6.45) is 3.29. The fraction of sp³-hybridized carbons (Fsp3) is 0.143. The van der Waals surface area contributed by atoms with Crippen LogP contribution in [0.5, 0.6) is 0 Å². The number of nitrogens with zero attached hydrogens (tertiary/aromatic N) is 1. The van der Waals surface area contributed by atoms with Gasteiger partial charge in [-0.25, -0.2) is 4.39 Å². The molecule has 1 aromatic heterocycles. The van der Waals surface area contributed by atoms with Crippen molar-refractivity contribution >= 4 is 11.6 Å². The Labute approximate surface area is 110 Å². The number of nitrogens with one attached hydrogen (secondary N) is 1. The number of anilines is 1. The van der Waals surface area contributed by atoms with Crippen LogP contribution in [0.25, 0.3) is 0 Å². The van der Waals surface area contributed by atoms with Gasteiger partial charge in [-0.15, -0.1) is 0 Å². The van der Waals surface area contributed by atoms with E-state index in [9.17, 15) is 9.18 Å². The lowest BCUT2D eigenvalue weighted by Gasteiger charge is -2.08. The van der Waals surface area contributed by atoms with E-state index in [2.05, 4.69) is 10.3 Å². The smallest absolute Gasteiger partial charge is 0.254 e. The predicted molar refractivity (Wildman–Crippen MR) is 71.0 cm³/mol. The number of aryl methyl sites for hydroxylation is 1. The first kappa shape index (κ1) is 13.0. The van der Waals surface area contributed by atoms with Gasteiger partial charge in [-0.05, 0) is 36.2 Å². The van der Waals surface area contributed by atoms with E-state index in [1.54, 1.807) is 25.4 Å². The summed E-state index contributed by atoms with van der Waals surface area (Å²) >= 11 is 0. The Balaban J connectivity index is 2.13. The van der Waals surface area contributed by atoms with Crippen LogP contribution >= 0.6 is 0 Å². The van der Waals surface area contributed by atoms with Crippen LogP contribution in [0.4, 0.5) is 10.1 Å². The molecule has 0 saturated heterocycles. The number of rotatable bonds is 3. The van der Waals surface area contributed by atoms with Crippen LogP contribution in [-0.2, 0) is 6.54 Å². The predicted octanol–water partition coefficient (Wildman–Crippen LogP) is 2.04. The molecular weight excluding hydrogens is 245 g/mol. The number of aromatic nitrogens is 1. The average Bonchev–Trinajstić information content (AvgIpc) is 2.41. The molecule has 3 N–H and O–H groups in total. The third kappa shape index (κ3) is 3.07. The van der Waals surface area contributed by atoms with E-state index in [0.717, 1.165) is 5.56 Å². The maximum atomic E-state index is 13.8. The third-order valence-corrected chi connectivity index (χ3v) is 2.70. The minimum absolute atomic E-state index is 0.0404. The molecule has 0 unspecified atom stereocenters. The van der Waals surface area contributed by atoms with Crippen molar-refractivity contribution in [2.75, 3.05) is 5.73 Å². The highest BCUT2D eigenvalue weighted by Gasteiger charge is 2.14. The number of carbonyl (C=O) groups is 1. The third-order valence-electron chi connectivity index (χ3n) is 2.70. The molecule has 0 aliphatic carbocycles. The normalized spacial score (nSPS) is 10.2. The summed E-state index contributed by atoms with van der Waals surface area (Å²) < 4.78 is 13.8. The molecular formula is C14H14FN3O. The van der Waals surface area contributed by atoms with Crippen molar-refractivity contribution in [1.29, 1.82) is 0 Å². The second-order valence-electron chi connectivity index (χ2n) is 4.24. The van der Waals surface area contributed by atoms with E-state index in [-0.39, 0.29) is 5.56 Å². The molecule has 0 aliphatic heterocycles. The molecule has 0 saturated carbocycles. The van der Waals surface area contributed by atoms with Gasteiger partial charge in [-0.1, -0.05) is 6.07 Å². The molecule has 0 radical (unpaired) electrons. The molecule has 0 fully saturated rings. The average molecular weight is 259 g/mol. The molecule has 1 heterocycles. The van der Waals surface area contributed by atoms with E-state index >= 15 is 0 Å². The van der Waals surface area contributed by atoms with E-state index in [1.807, 2.05) is 6.07 Å². The highest BCUT2D eigenvalue weighted by atomic mass is 19.1. The van der Waals surface area contributed by atoms with Crippen molar-refractivity contribution in [3.05, 3.63) is 59.2 Å². The van der Waals surface area contributed by atoms with Gasteiger partial charge in [-0.2, -0.15) is 0 Å². The van der Waals surface area contributed by atoms with Crippen molar-refractivity contribution in [1.82, 2.24) is 10.3 Å². The van der Waals surface area contributed by atoms with Gasteiger partial charge in [0, 0.05) is 24.6 Å². The number of carbonyl (C=O) groups excluding carboxylic acids is 1. The maximum absolute atomic E-state index is 13.8. The summed E-state index contributed by atoms with van der Waals surface area (Å²) in [5.74, 6) is -1.03. The van der Waals surface area contributed by atoms with E-state index < -0.39 is 11.7 Å². The Kier molecular flexibility index (Phi) is 3.75. The van der Waals surface area contributed by atoms with Crippen LogP contribution in [-0.4, -0.2) is 10.9 Å². The second kappa shape index (κ2) is 5.48. The SMILES string of the molecule is Cc1cc(N)cc(C(=O)NCc2cccnc2)c1F. The molecule has 98 valence electrons. The minimum atomic E-state index is -0.544. The van der Waals surface area contributed by atoms with Crippen LogP contribution < -0.4 is 11.1 Å². The van der Waals surface area contributed by atoms with Gasteiger partial charge in [0.2, 0.25) is 0 Å². The summed E-state index contributed by atoms with van der Waals surface area (Å²) in [5, 5.41) is 2.64. The largest absolute Gasteiger partial charge is 0.399 e. The molecule has 0 atom stereocenters. The molecule has 2 aromatic rings. The van der Waals surface area contributed by atoms with Gasteiger partial charge in [0.25, 0.3) is 5.91 Å². The van der Waals surface area contributed by atoms with E-state index in [0.29, 0.717) is 17.8 Å². The van der Waals surface area contributed by atoms with Gasteiger partial charge in [0.15, 0.2) is 0 Å². The van der Waals surface area contributed by atoms with Crippen molar-refractivity contribution in [3.63, 3.8) is 0 Å². The fourth-order valence-electron chi connectivity index (χ4n) is 1.74. The van der Waals surface area contributed by atoms with Gasteiger partial charge < -0.3 is 11.1 Å². The zero-order valence-electron chi connectivity index (χ0n) is 10.5. The summed E-state index contributed by atoms with van der Waals surface area (Å²) in [6, 6.07) is 6.43. The van der Waals surface area contributed by atoms with Crippen LogP contribution in [0.2, 0.25) is 0 Å². The van der Waals surface area contributed by atoms with Crippen molar-refractivity contribution < 1.29 is 9.18 Å². The van der Waals surface area contributed by atoms with Crippen molar-refractivity contribution in [2.45, 2.75) is 13.5 Å². The topological polar surface area (TPSA) is 68.0 Å². The Morgan fingerprint density at radius 3 is 2.95 bits per heavy atom. The first-order valence-electron chi connectivity index (χ1n) is 5.80. The first-order chi connectivity index (χ1) is 9.08. The van der Waals surface area contributed by atoms with Crippen LogP contribution in [0, 0.1) is 12.7 Å². The quantitative estimate of drug-likeness (QED) is 0.829. The molecule has 0 aliphatic rings. The minimum Gasteiger partial charge on any atom is -0.399 e. The zero-order chi connectivity index (χ0) is 13.8. The summed E-state index contributed by atoms with van der Waals surface area (Å²) in [7, 11) is 0. The highest BCUT2D eigenvalue weighted by molar-refractivity contribution is 5.95. The van der Waals surface area contributed by atoms with Gasteiger partial charge in [0.1, 0.15) is 5.82 Å². The summed E-state index contributed by atoms with van der Waals surface area (Å²) in [6.45, 7) is 1.86. The molecule has 5 heteroatoms. The summed E-state index contributed by atoms with van der Waals surface area (Å²) in [4.78, 5) is 15.9. The van der Waals surface area contributed by atoms with Gasteiger partial charge in [0.05, 0.1) is 5.56 Å². The number of benzene rings is 1. The number of halogens is 1. The van der Waals surface area contributed by atoms with E-state index in [1.165, 1.54) is 12.1 Å². The molecule has 19 heavy (non-hydrogen) atoms. The lowest BCUT2D eigenvalue weighted by Crippen LogP contribution is -2.24. The highest BCUT2D eigenvalue weighted by Crippen LogP contribution is 2.17. The van der Waals surface area contributed by atoms with Gasteiger partial charge >= 0.3 is 0 Å². The Morgan fingerprint density at radius 2 is 2.26 bits per heavy atom. The monoisotopic (exact) mass is 259 g/mol. The van der Waals surface area contributed by atoms with Crippen molar-refractivity contribution in [2.24, 2.45) is 0 Å². The Morgan fingerprint density at radius 1 is 1.47 bits per heavy atom. The fourth-order valence-corrected chi connectivity index (χ4v) is 1.74. The molecule has 1 amide bonds. The second-order valence-corrected chi connectivity index (χ2v) is 4.24. The number of hydrogen-bond donors (Lipinski definition) is 2. The standard InChI is InChI=1S/C14H14FN3O/c1-9-5-11(16)6-12(13(9)15)14(19)18-8-10-3-2-4-17-7-10/h2-7H,8,16H2,1H3,(H,18,19). The van der Waals surface area contributed by atoms with E-state index in [4.69, 9.17) is 5.73 Å². The van der Waals surface area contributed by atoms with Crippen LogP contribution in [0.1, 0.15) is 21.5 Å². The molecule has 0 spiro atoms. The summed E-state index contributed by atoms with van der Waals surface area (Å²) in [5.41, 5.74) is 7.14. The first-order valence-corrected chi connectivity index (χ1v) is 5.80. The van der Waals surface area contributed by atoms with Gasteiger partial charge in [-0.3, -0.25) is 9.78 Å². The number of amides is 1. The molecule has 1 aromatic carbocycles. The number of nitrogen functional groups attached to an aromatic ring is 1. The number of hydrogen-bond acceptors (Lipinski definition) is 3. The lowest BCUT2D eigenvalue weighted by atomic mass is 10.1. The maximum Gasteiger partial charge on any atom is 0.254 e. The van der Waals surface area contributed by atoms with Crippen LogP contribution in [0.3, 0.4) is 0 Å². The number of nitrogens with two attached hydrogens (primary N) is 1. The van der Waals surface area contributed by atoms with Crippen LogP contribution in [0.15, 0.2) is 36.7 Å². The zero-order valence-corrected chi connectivity index (χ0v) is 10.5. The molecule has 4 nitrogen and oxygen atoms in total. The Hall–Kier alpha value is -2.43. The molecule has 2 rings (SSSR count). The molecule has 0 bridgehead atoms. The number of pyridine rings is 1. The Bertz CT molecular complexity index is 599. The van der Waals surface area contributed by atoms with Crippen molar-refractivity contribution in [3.8, 4) is 0 Å². The lowest BCUT2D eigenvalue weighted by molar-refractivity contribution is 0.0946.